The van der Waals surface area contributed by atoms with Gasteiger partial charge in [-0.3, -0.25) is 4.99 Å². The Bertz CT molecular complexity index is 579. The van der Waals surface area contributed by atoms with Crippen molar-refractivity contribution in [2.45, 2.75) is 89.1 Å². The molecular weight excluding hydrogens is 378 g/mol. The second-order valence-corrected chi connectivity index (χ2v) is 11.1. The maximum Gasteiger partial charge on any atom is 0.0531 e. The zero-order valence-corrected chi connectivity index (χ0v) is 19.4. The Morgan fingerprint density at radius 1 is 1.03 bits per heavy atom. The Morgan fingerprint density at radius 3 is 2.52 bits per heavy atom. The third-order valence-electron chi connectivity index (χ3n) is 8.12. The number of aliphatic imine (C=N–C) groups is 1. The second-order valence-electron chi connectivity index (χ2n) is 10.5. The first kappa shape index (κ1) is 21.8. The van der Waals surface area contributed by atoms with Gasteiger partial charge in [-0.1, -0.05) is 38.8 Å². The standard InChI is InChI=1S/C25H42ClN3/c1-18(2)25(27-16-23-15-21-5-3-4-6-24(21)28-23)17-29-13-11-20(12-14-29)19-7-9-22(26)10-8-19/h7,9,18-22,24-25,27H,3-6,8,10-17H2,1-2H3/t19?,21?,22?,24?,25-/m0/s1. The third-order valence-corrected chi connectivity index (χ3v) is 8.49. The van der Waals surface area contributed by atoms with Crippen molar-refractivity contribution < 1.29 is 0 Å². The van der Waals surface area contributed by atoms with E-state index in [9.17, 15) is 0 Å². The molecule has 0 spiro atoms. The highest BCUT2D eigenvalue weighted by molar-refractivity contribution is 6.21. The van der Waals surface area contributed by atoms with E-state index in [1.807, 2.05) is 0 Å². The van der Waals surface area contributed by atoms with Crippen LogP contribution in [0, 0.1) is 23.7 Å². The van der Waals surface area contributed by atoms with Crippen molar-refractivity contribution in [2.24, 2.45) is 28.7 Å². The number of nitrogens with zero attached hydrogens (tertiary/aromatic N) is 2. The lowest BCUT2D eigenvalue weighted by Crippen LogP contribution is -2.48. The molecule has 2 aliphatic heterocycles. The van der Waals surface area contributed by atoms with Crippen molar-refractivity contribution in [1.82, 2.24) is 10.2 Å². The molecule has 3 nitrogen and oxygen atoms in total. The van der Waals surface area contributed by atoms with Gasteiger partial charge in [0.15, 0.2) is 0 Å². The minimum absolute atomic E-state index is 0.276. The van der Waals surface area contributed by atoms with Crippen LogP contribution in [0.3, 0.4) is 0 Å². The highest BCUT2D eigenvalue weighted by atomic mass is 35.5. The van der Waals surface area contributed by atoms with E-state index < -0.39 is 0 Å². The summed E-state index contributed by atoms with van der Waals surface area (Å²) in [4.78, 5) is 7.79. The number of rotatable bonds is 7. The van der Waals surface area contributed by atoms with E-state index in [0.717, 1.165) is 30.7 Å². The van der Waals surface area contributed by atoms with Crippen LogP contribution in [0.4, 0.5) is 0 Å². The van der Waals surface area contributed by atoms with Gasteiger partial charge in [0.05, 0.1) is 11.4 Å². The van der Waals surface area contributed by atoms with E-state index in [4.69, 9.17) is 16.6 Å². The average molecular weight is 420 g/mol. The van der Waals surface area contributed by atoms with E-state index in [-0.39, 0.29) is 5.38 Å². The highest BCUT2D eigenvalue weighted by Crippen LogP contribution is 2.35. The van der Waals surface area contributed by atoms with Crippen LogP contribution < -0.4 is 5.32 Å². The van der Waals surface area contributed by atoms with Gasteiger partial charge in [-0.05, 0) is 81.7 Å². The third kappa shape index (κ3) is 5.86. The van der Waals surface area contributed by atoms with E-state index >= 15 is 0 Å². The maximum absolute atomic E-state index is 6.23. The van der Waals surface area contributed by atoms with Gasteiger partial charge in [-0.25, -0.2) is 0 Å². The van der Waals surface area contributed by atoms with E-state index in [1.54, 1.807) is 0 Å². The summed E-state index contributed by atoms with van der Waals surface area (Å²) in [6.07, 6.45) is 16.6. The summed E-state index contributed by atoms with van der Waals surface area (Å²) < 4.78 is 0. The number of hydrogen-bond acceptors (Lipinski definition) is 3. The number of allylic oxidation sites excluding steroid dienone is 2. The first-order valence-electron chi connectivity index (χ1n) is 12.4. The van der Waals surface area contributed by atoms with Crippen molar-refractivity contribution in [1.29, 1.82) is 0 Å². The van der Waals surface area contributed by atoms with Crippen molar-refractivity contribution in [3.05, 3.63) is 12.2 Å². The molecule has 4 rings (SSSR count). The minimum Gasteiger partial charge on any atom is -0.307 e. The first-order valence-corrected chi connectivity index (χ1v) is 12.9. The molecule has 2 fully saturated rings. The van der Waals surface area contributed by atoms with Crippen LogP contribution in [-0.2, 0) is 0 Å². The normalized spacial score (nSPS) is 35.0. The maximum atomic E-state index is 6.23. The molecule has 5 atom stereocenters. The zero-order valence-electron chi connectivity index (χ0n) is 18.7. The first-order chi connectivity index (χ1) is 14.1. The molecule has 0 aromatic carbocycles. The van der Waals surface area contributed by atoms with Gasteiger partial charge in [0.2, 0.25) is 0 Å². The lowest BCUT2D eigenvalue weighted by Gasteiger charge is -2.38. The SMILES string of the molecule is CC(C)[C@H](CN1CCC(C2C=CC(Cl)CC2)CC1)NCC1=NC2CCCCC2C1. The molecule has 0 amide bonds. The molecule has 0 aromatic rings. The van der Waals surface area contributed by atoms with Crippen molar-refractivity contribution in [2.75, 3.05) is 26.2 Å². The molecule has 1 saturated carbocycles. The van der Waals surface area contributed by atoms with Gasteiger partial charge in [0.1, 0.15) is 0 Å². The van der Waals surface area contributed by atoms with Gasteiger partial charge in [-0.2, -0.15) is 0 Å². The Labute approximate surface area is 183 Å². The number of hydrogen-bond donors (Lipinski definition) is 1. The number of piperidine rings is 1. The summed E-state index contributed by atoms with van der Waals surface area (Å²) in [6, 6.07) is 1.23. The molecule has 1 saturated heterocycles. The van der Waals surface area contributed by atoms with Gasteiger partial charge in [0, 0.05) is 24.8 Å². The van der Waals surface area contributed by atoms with Crippen LogP contribution >= 0.6 is 11.6 Å². The molecule has 4 heteroatoms. The number of fused-ring (bicyclic) bond motifs is 1. The summed E-state index contributed by atoms with van der Waals surface area (Å²) in [5, 5.41) is 4.17. The number of likely N-dealkylation sites (tertiary alicyclic amines) is 1. The van der Waals surface area contributed by atoms with Crippen LogP contribution in [0.1, 0.15) is 71.6 Å². The summed E-state index contributed by atoms with van der Waals surface area (Å²) in [5.74, 6) is 3.17. The fourth-order valence-corrected chi connectivity index (χ4v) is 6.32. The van der Waals surface area contributed by atoms with Crippen LogP contribution in [0.25, 0.3) is 0 Å². The fraction of sp³-hybridized carbons (Fsp3) is 0.880. The topological polar surface area (TPSA) is 27.6 Å². The Hall–Kier alpha value is -0.380. The zero-order chi connectivity index (χ0) is 20.2. The molecule has 4 aliphatic rings. The molecule has 0 aromatic heterocycles. The monoisotopic (exact) mass is 419 g/mol. The number of nitrogens with one attached hydrogen (secondary N) is 1. The quantitative estimate of drug-likeness (QED) is 0.448. The largest absolute Gasteiger partial charge is 0.307 e. The highest BCUT2D eigenvalue weighted by Gasteiger charge is 2.32. The molecular formula is C25H42ClN3. The predicted molar refractivity (Wildman–Crippen MR) is 125 cm³/mol. The predicted octanol–water partition coefficient (Wildman–Crippen LogP) is 5.29. The van der Waals surface area contributed by atoms with Crippen LogP contribution in [0.5, 0.6) is 0 Å². The summed E-state index contributed by atoms with van der Waals surface area (Å²) in [7, 11) is 0. The minimum atomic E-state index is 0.276. The second kappa shape index (κ2) is 10.3. The molecule has 4 unspecified atom stereocenters. The summed E-state index contributed by atoms with van der Waals surface area (Å²) >= 11 is 6.23. The van der Waals surface area contributed by atoms with E-state index in [0.29, 0.717) is 18.0 Å². The smallest absolute Gasteiger partial charge is 0.0531 e. The van der Waals surface area contributed by atoms with Crippen LogP contribution in [0.15, 0.2) is 17.1 Å². The molecule has 0 radical (unpaired) electrons. The molecule has 2 heterocycles. The van der Waals surface area contributed by atoms with Crippen molar-refractivity contribution >= 4 is 17.3 Å². The van der Waals surface area contributed by atoms with E-state index in [1.165, 1.54) is 76.7 Å². The van der Waals surface area contributed by atoms with E-state index in [2.05, 4.69) is 36.2 Å². The van der Waals surface area contributed by atoms with Crippen molar-refractivity contribution in [3.8, 4) is 0 Å². The Balaban J connectivity index is 1.21. The lowest BCUT2D eigenvalue weighted by atomic mass is 9.79. The van der Waals surface area contributed by atoms with Crippen LogP contribution in [0.2, 0.25) is 0 Å². The van der Waals surface area contributed by atoms with Crippen LogP contribution in [-0.4, -0.2) is 54.3 Å². The molecule has 29 heavy (non-hydrogen) atoms. The molecule has 2 aliphatic carbocycles. The Morgan fingerprint density at radius 2 is 1.83 bits per heavy atom. The molecule has 1 N–H and O–H groups in total. The number of alkyl halides is 1. The average Bonchev–Trinajstić information content (AvgIpc) is 3.15. The summed E-state index contributed by atoms with van der Waals surface area (Å²) in [6.45, 7) is 9.46. The van der Waals surface area contributed by atoms with Gasteiger partial charge < -0.3 is 10.2 Å². The number of halogens is 1. The van der Waals surface area contributed by atoms with Gasteiger partial charge in [0.25, 0.3) is 0 Å². The summed E-state index contributed by atoms with van der Waals surface area (Å²) in [5.41, 5.74) is 1.45. The molecule has 164 valence electrons. The van der Waals surface area contributed by atoms with Crippen molar-refractivity contribution in [3.63, 3.8) is 0 Å². The fourth-order valence-electron chi connectivity index (χ4n) is 6.11. The molecule has 0 bridgehead atoms. The lowest BCUT2D eigenvalue weighted by molar-refractivity contribution is 0.136. The van der Waals surface area contributed by atoms with Gasteiger partial charge in [-0.15, -0.1) is 11.6 Å². The van der Waals surface area contributed by atoms with Gasteiger partial charge >= 0.3 is 0 Å². The Kier molecular flexibility index (Phi) is 7.75.